The minimum atomic E-state index is -0.481. The molecule has 2 atom stereocenters. The fraction of sp³-hybridized carbons (Fsp3) is 0.545. The number of hydrogen-bond donors (Lipinski definition) is 1. The summed E-state index contributed by atoms with van der Waals surface area (Å²) in [5.41, 5.74) is 6.99. The molecule has 6 nitrogen and oxygen atoms in total. The number of nitrogen functional groups attached to an aromatic ring is 1. The number of Topliss-reactive ketones (excluding diaryl/α,β-unsaturated/α-hetero) is 1. The molecular formula is C22H27ClN2O4. The number of nitrogens with zero attached hydrogens (tertiary/aromatic N) is 1. The Morgan fingerprint density at radius 1 is 1.28 bits per heavy atom. The van der Waals surface area contributed by atoms with Crippen molar-refractivity contribution in [1.29, 1.82) is 0 Å². The lowest BCUT2D eigenvalue weighted by atomic mass is 10.0. The van der Waals surface area contributed by atoms with E-state index in [0.717, 1.165) is 6.42 Å². The van der Waals surface area contributed by atoms with E-state index in [1.165, 1.54) is 0 Å². The molecule has 156 valence electrons. The number of anilines is 1. The van der Waals surface area contributed by atoms with Gasteiger partial charge >= 0.3 is 6.09 Å². The summed E-state index contributed by atoms with van der Waals surface area (Å²) in [6, 6.07) is 3.42. The van der Waals surface area contributed by atoms with E-state index in [2.05, 4.69) is 0 Å². The van der Waals surface area contributed by atoms with Crippen LogP contribution in [0.5, 0.6) is 0 Å². The Hall–Kier alpha value is -2.21. The number of amides is 1. The summed E-state index contributed by atoms with van der Waals surface area (Å²) in [4.78, 5) is 26.8. The second kappa shape index (κ2) is 6.94. The first-order chi connectivity index (χ1) is 13.5. The first-order valence-electron chi connectivity index (χ1n) is 10.0. The standard InChI is InChI=1S/C22H27ClN2O4/c1-11-7-14-19(24)17(23)8-13(20(14)28-11)18(26)6-5-12-15-9-25(10-16(12)15)21(27)29-22(2,3)4/h7-8,12,15-16H,5-6,9-10,24H2,1-4H3. The van der Waals surface area contributed by atoms with Gasteiger partial charge < -0.3 is 19.8 Å². The van der Waals surface area contributed by atoms with Crippen LogP contribution in [0.3, 0.4) is 0 Å². The number of ketones is 1. The Morgan fingerprint density at radius 3 is 2.55 bits per heavy atom. The van der Waals surface area contributed by atoms with Gasteiger partial charge in [0.15, 0.2) is 5.78 Å². The van der Waals surface area contributed by atoms with Gasteiger partial charge in [-0.1, -0.05) is 11.6 Å². The van der Waals surface area contributed by atoms with E-state index < -0.39 is 5.60 Å². The quantitative estimate of drug-likeness (QED) is 0.554. The number of halogens is 1. The van der Waals surface area contributed by atoms with Gasteiger partial charge in [0, 0.05) is 24.9 Å². The van der Waals surface area contributed by atoms with Crippen molar-refractivity contribution in [2.75, 3.05) is 18.8 Å². The van der Waals surface area contributed by atoms with Crippen LogP contribution in [0.25, 0.3) is 11.0 Å². The SMILES string of the molecule is Cc1cc2c(N)c(Cl)cc(C(=O)CCC3C4CN(C(=O)OC(C)(C)C)CC34)c2o1. The molecular weight excluding hydrogens is 392 g/mol. The number of carbonyl (C=O) groups excluding carboxylic acids is 2. The van der Waals surface area contributed by atoms with Crippen molar-refractivity contribution in [2.24, 2.45) is 17.8 Å². The second-order valence-electron chi connectivity index (χ2n) is 9.26. The predicted octanol–water partition coefficient (Wildman–Crippen LogP) is 5.05. The molecule has 2 aliphatic rings. The predicted molar refractivity (Wildman–Crippen MR) is 112 cm³/mol. The van der Waals surface area contributed by atoms with Crippen LogP contribution in [0.2, 0.25) is 5.02 Å². The highest BCUT2D eigenvalue weighted by Crippen LogP contribution is 2.54. The van der Waals surface area contributed by atoms with Gasteiger partial charge in [-0.2, -0.15) is 0 Å². The molecule has 1 amide bonds. The van der Waals surface area contributed by atoms with Gasteiger partial charge in [0.1, 0.15) is 16.9 Å². The van der Waals surface area contributed by atoms with Crippen molar-refractivity contribution < 1.29 is 18.7 Å². The average Bonchev–Trinajstić information content (AvgIpc) is 2.96. The van der Waals surface area contributed by atoms with Gasteiger partial charge in [-0.15, -0.1) is 0 Å². The number of aryl methyl sites for hydroxylation is 1. The maximum absolute atomic E-state index is 12.9. The maximum Gasteiger partial charge on any atom is 0.410 e. The van der Waals surface area contributed by atoms with Crippen LogP contribution in [-0.2, 0) is 4.74 Å². The van der Waals surface area contributed by atoms with Crippen molar-refractivity contribution in [2.45, 2.75) is 46.1 Å². The molecule has 1 aliphatic carbocycles. The number of likely N-dealkylation sites (tertiary alicyclic amines) is 1. The Morgan fingerprint density at radius 2 is 1.93 bits per heavy atom. The molecule has 1 aromatic carbocycles. The fourth-order valence-electron chi connectivity index (χ4n) is 4.51. The molecule has 2 unspecified atom stereocenters. The summed E-state index contributed by atoms with van der Waals surface area (Å²) in [7, 11) is 0. The molecule has 2 N–H and O–H groups in total. The molecule has 7 heteroatoms. The van der Waals surface area contributed by atoms with E-state index in [9.17, 15) is 9.59 Å². The van der Waals surface area contributed by atoms with Gasteiger partial charge in [0.05, 0.1) is 16.3 Å². The summed E-state index contributed by atoms with van der Waals surface area (Å²) < 4.78 is 11.2. The Labute approximate surface area is 175 Å². The number of ether oxygens (including phenoxy) is 1. The van der Waals surface area contributed by atoms with Crippen molar-refractivity contribution in [3.05, 3.63) is 28.5 Å². The molecule has 2 fully saturated rings. The average molecular weight is 419 g/mol. The Bertz CT molecular complexity index is 979. The molecule has 2 aromatic rings. The summed E-state index contributed by atoms with van der Waals surface area (Å²) in [5.74, 6) is 2.13. The molecule has 29 heavy (non-hydrogen) atoms. The van der Waals surface area contributed by atoms with Crippen molar-refractivity contribution >= 4 is 40.1 Å². The van der Waals surface area contributed by atoms with Gasteiger partial charge in [-0.3, -0.25) is 4.79 Å². The fourth-order valence-corrected chi connectivity index (χ4v) is 4.72. The van der Waals surface area contributed by atoms with E-state index in [4.69, 9.17) is 26.5 Å². The zero-order valence-electron chi connectivity index (χ0n) is 17.3. The largest absolute Gasteiger partial charge is 0.461 e. The van der Waals surface area contributed by atoms with E-state index >= 15 is 0 Å². The van der Waals surface area contributed by atoms with E-state index in [0.29, 0.717) is 70.3 Å². The number of fused-ring (bicyclic) bond motifs is 2. The highest BCUT2D eigenvalue weighted by Gasteiger charge is 2.56. The van der Waals surface area contributed by atoms with Gasteiger partial charge in [-0.05, 0) is 64.0 Å². The lowest BCUT2D eigenvalue weighted by molar-refractivity contribution is 0.0264. The minimum absolute atomic E-state index is 0.0141. The number of furan rings is 1. The number of nitrogens with two attached hydrogens (primary N) is 1. The molecule has 1 aromatic heterocycles. The smallest absolute Gasteiger partial charge is 0.410 e. The first kappa shape index (κ1) is 20.1. The molecule has 1 saturated carbocycles. The van der Waals surface area contributed by atoms with Crippen LogP contribution in [0.4, 0.5) is 10.5 Å². The van der Waals surface area contributed by atoms with Crippen molar-refractivity contribution in [1.82, 2.24) is 4.90 Å². The summed E-state index contributed by atoms with van der Waals surface area (Å²) in [6.07, 6.45) is 0.991. The Balaban J connectivity index is 1.36. The van der Waals surface area contributed by atoms with Crippen LogP contribution < -0.4 is 5.73 Å². The molecule has 0 spiro atoms. The summed E-state index contributed by atoms with van der Waals surface area (Å²) in [6.45, 7) is 8.87. The van der Waals surface area contributed by atoms with Crippen molar-refractivity contribution in [3.63, 3.8) is 0 Å². The summed E-state index contributed by atoms with van der Waals surface area (Å²) in [5, 5.41) is 1.06. The zero-order valence-corrected chi connectivity index (χ0v) is 18.0. The van der Waals surface area contributed by atoms with Crippen LogP contribution in [-0.4, -0.2) is 35.5 Å². The lowest BCUT2D eigenvalue weighted by Crippen LogP contribution is -2.37. The number of rotatable bonds is 4. The third-order valence-corrected chi connectivity index (χ3v) is 6.26. The number of carbonyl (C=O) groups is 2. The van der Waals surface area contributed by atoms with Crippen LogP contribution >= 0.6 is 11.6 Å². The minimum Gasteiger partial charge on any atom is -0.461 e. The number of piperidine rings is 1. The van der Waals surface area contributed by atoms with E-state index in [-0.39, 0.29) is 11.9 Å². The molecule has 0 radical (unpaired) electrons. The molecule has 4 rings (SSSR count). The summed E-state index contributed by atoms with van der Waals surface area (Å²) >= 11 is 6.22. The maximum atomic E-state index is 12.9. The normalized spacial score (nSPS) is 23.3. The lowest BCUT2D eigenvalue weighted by Gasteiger charge is -2.25. The third-order valence-electron chi connectivity index (χ3n) is 5.95. The highest BCUT2D eigenvalue weighted by atomic mass is 35.5. The van der Waals surface area contributed by atoms with Crippen LogP contribution in [0.15, 0.2) is 16.5 Å². The van der Waals surface area contributed by atoms with Crippen LogP contribution in [0, 0.1) is 24.7 Å². The third kappa shape index (κ3) is 3.82. The second-order valence-corrected chi connectivity index (χ2v) is 9.67. The van der Waals surface area contributed by atoms with E-state index in [1.54, 1.807) is 11.0 Å². The van der Waals surface area contributed by atoms with Gasteiger partial charge in [0.2, 0.25) is 0 Å². The van der Waals surface area contributed by atoms with E-state index in [1.807, 2.05) is 33.8 Å². The monoisotopic (exact) mass is 418 g/mol. The molecule has 1 saturated heterocycles. The Kier molecular flexibility index (Phi) is 4.80. The van der Waals surface area contributed by atoms with Gasteiger partial charge in [0.25, 0.3) is 0 Å². The molecule has 0 bridgehead atoms. The highest BCUT2D eigenvalue weighted by molar-refractivity contribution is 6.35. The van der Waals surface area contributed by atoms with Crippen molar-refractivity contribution in [3.8, 4) is 0 Å². The van der Waals surface area contributed by atoms with Gasteiger partial charge in [-0.25, -0.2) is 4.79 Å². The van der Waals surface area contributed by atoms with Crippen LogP contribution in [0.1, 0.15) is 49.7 Å². The number of hydrogen-bond acceptors (Lipinski definition) is 5. The topological polar surface area (TPSA) is 85.8 Å². The first-order valence-corrected chi connectivity index (χ1v) is 10.4. The number of benzene rings is 1. The molecule has 1 aliphatic heterocycles. The zero-order chi connectivity index (χ0) is 21.1. The molecule has 2 heterocycles.